The molecule has 0 aromatic heterocycles. The Morgan fingerprint density at radius 2 is 0.532 bits per heavy atom. The third-order valence-electron chi connectivity index (χ3n) is 17.5. The number of nitrogens with one attached hydrogen (secondary N) is 5. The standard InChI is InChI=1S/C49H82N6O63S9.12Na/c1-98-47-35(116-125(89,90)91)26(62)32(38(113-47)41(65)66)110-44-20(52-119(71,72)73)23(59)29(14(107-44)8-104-122(80,81)82)101-11-17(56)50-4-6-55(19(58)13-103-31-16(10-106-124(86,87)88)109-46(22(25(31)61)54-121(77,78)79)112-34-28(64)37(118-127(95,96)97)49(100-3)115-40(34)43(69)70)7-5-51-18(57)12-102-30-15(9-105-123(83,84)85)108-45(21(24(30)60)53-120(74,75)76)111-33-27(63)36(117-126(92,93)94)48(99-2)114-39(33)42(67)68;;;;;;;;;;;;/h14-16,20-40,44-49,52-54,59-64H,4-13H2,1-3H3,(H,50,56)(H,51,57)(H,65,66)(H,67,68)(H,69,70)(H,71,72,73)(H,74,75,76)(H,77,78,79)(H,80,81,82)(H,83,84,85)(H,86,87,88)(H,89,90,91)(H,92,93,94)(H,95,96,97);;;;;;;;;;;;/q;12*+1/p-12/t14-,15-,16-,20-,21-,22-,23-,24-,25-,26+,27+,28+,29-,30-,31-,32+,33+,34+,35-,36-,37-,38-,39-,40-,44-,45-,46-,47-,48-,49-;;;;;;;;;;;;/m1............/s1. The van der Waals surface area contributed by atoms with Crippen molar-refractivity contribution in [2.24, 2.45) is 0 Å². The Labute approximate surface area is 1050 Å². The van der Waals surface area contributed by atoms with Crippen molar-refractivity contribution in [1.29, 1.82) is 0 Å². The number of aliphatic hydroxyl groups excluding tert-OH is 6. The number of carboxylic acid groups (broad SMARTS) is 3. The molecule has 69 nitrogen and oxygen atoms in total. The number of aliphatic carboxylic acids is 3. The van der Waals surface area contributed by atoms with Crippen LogP contribution in [0.25, 0.3) is 0 Å². The Morgan fingerprint density at radius 1 is 0.309 bits per heavy atom. The average Bonchev–Trinajstić information content (AvgIpc) is 0.771. The molecule has 0 unspecified atom stereocenters. The summed E-state index contributed by atoms with van der Waals surface area (Å²) in [4.78, 5) is 79.1. The van der Waals surface area contributed by atoms with E-state index in [0.717, 1.165) is 4.72 Å². The van der Waals surface area contributed by atoms with E-state index in [1.54, 1.807) is 0 Å². The van der Waals surface area contributed by atoms with Crippen LogP contribution >= 0.6 is 0 Å². The molecule has 0 spiro atoms. The van der Waals surface area contributed by atoms with Crippen LogP contribution in [0, 0.1) is 0 Å². The van der Waals surface area contributed by atoms with Crippen LogP contribution in [0.15, 0.2) is 0 Å². The minimum Gasteiger partial charge on any atom is -0.735 e. The molecule has 0 bridgehead atoms. The summed E-state index contributed by atoms with van der Waals surface area (Å²) in [5, 5.41) is 109. The summed E-state index contributed by atoms with van der Waals surface area (Å²) < 4.78 is 427. The third-order valence-corrected chi connectivity index (χ3v) is 21.8. The molecule has 30 atom stereocenters. The van der Waals surface area contributed by atoms with E-state index in [0.29, 0.717) is 26.2 Å². The maximum Gasteiger partial charge on any atom is 1.00 e. The van der Waals surface area contributed by atoms with Gasteiger partial charge < -0.3 is 188 Å². The van der Waals surface area contributed by atoms with Crippen LogP contribution in [0.2, 0.25) is 0 Å². The zero-order valence-electron chi connectivity index (χ0n) is 75.0. The summed E-state index contributed by atoms with van der Waals surface area (Å²) in [6, 6.07) is -8.47. The molecule has 0 radical (unpaired) electrons. The maximum atomic E-state index is 14.4. The fourth-order valence-corrected chi connectivity index (χ4v) is 16.5. The summed E-state index contributed by atoms with van der Waals surface area (Å²) in [5.74, 6) is -12.0. The number of methoxy groups -OCH3 is 3. The average molecular weight is 2320 g/mol. The van der Waals surface area contributed by atoms with Crippen molar-refractivity contribution in [3.05, 3.63) is 0 Å². The Bertz CT molecular complexity index is 4720. The normalized spacial score (nSPS) is 31.7. The zero-order valence-corrected chi connectivity index (χ0v) is 106. The molecule has 740 valence electrons. The molecule has 6 fully saturated rings. The first-order chi connectivity index (χ1) is 58.1. The van der Waals surface area contributed by atoms with Gasteiger partial charge in [-0.1, -0.05) is 0 Å². The van der Waals surface area contributed by atoms with Gasteiger partial charge in [0, 0.05) is 47.5 Å². The molecule has 6 saturated heterocycles. The largest absolute Gasteiger partial charge is 1.00 e. The zero-order chi connectivity index (χ0) is 96.3. The number of amides is 3. The van der Waals surface area contributed by atoms with Crippen molar-refractivity contribution in [1.82, 2.24) is 29.7 Å². The summed E-state index contributed by atoms with van der Waals surface area (Å²) in [5.41, 5.74) is 0. The Kier molecular flexibility index (Phi) is 79.2. The molecule has 6 aliphatic rings. The first-order valence-corrected chi connectivity index (χ1v) is 46.1. The molecule has 0 aliphatic carbocycles. The quantitative estimate of drug-likeness (QED) is 0.0153. The molecule has 0 aromatic rings. The molecule has 6 aliphatic heterocycles. The minimum absolute atomic E-state index is 0. The SMILES string of the molecule is CO[C@@H]1O[C@@H](C(=O)[O-])[C@@H](O[C@H]2O[C@H](COS(=O)(=O)[O-])[C@@H](OCC(=O)NCCN(CCNC(=O)CO[C@H]3[C@H](O)[C@@H](NS(=O)(=O)[O-])[C@@H](O[C@H]4[C@H](O)[C@@H](OS(=O)(=O)[O-])[C@H](OC)O[C@H]4C(=O)[O-])O[C@@H]3COS(=O)(=O)[O-])C(=O)CO[C@H]3[C@H](O)[C@@H](NS(=O)(=O)[O-])[C@@H](O[C@H]4[C@H](O)[C@@H](OS(=O)(=O)[O-])[C@H](OC)O[C@H]4C(=O)[O-])O[C@@H]3COS(=O)(=O)[O-])[C@H](O)[C@H]2NS(=O)(=O)[O-])[C@H](O)[C@H]1OS(=O)(=O)[O-].[Na+].[Na+].[Na+].[Na+].[Na+].[Na+].[Na+].[Na+].[Na+].[Na+].[Na+].[Na+]. The molecule has 3 amide bonds. The van der Waals surface area contributed by atoms with E-state index in [4.69, 9.17) is 71.1 Å². The number of aliphatic hydroxyl groups is 6. The number of ether oxygens (including phenoxy) is 15. The van der Waals surface area contributed by atoms with Gasteiger partial charge in [0.1, 0.15) is 148 Å². The summed E-state index contributed by atoms with van der Waals surface area (Å²) in [6.45, 7) is -14.5. The van der Waals surface area contributed by atoms with Gasteiger partial charge in [-0.25, -0.2) is 89.9 Å². The first-order valence-electron chi connectivity index (χ1n) is 33.9. The predicted octanol–water partition coefficient (Wildman–Crippen LogP) is -60.7. The molecule has 139 heavy (non-hydrogen) atoms. The van der Waals surface area contributed by atoms with Crippen LogP contribution in [0.1, 0.15) is 0 Å². The second-order valence-electron chi connectivity index (χ2n) is 26.0. The van der Waals surface area contributed by atoms with E-state index in [1.165, 1.54) is 9.44 Å². The van der Waals surface area contributed by atoms with Gasteiger partial charge in [0.05, 0.1) is 37.7 Å². The number of hydrogen-bond acceptors (Lipinski definition) is 63. The van der Waals surface area contributed by atoms with Gasteiger partial charge >= 0.3 is 355 Å². The van der Waals surface area contributed by atoms with E-state index in [-0.39, 0.29) is 355 Å². The van der Waals surface area contributed by atoms with E-state index in [9.17, 15) is 191 Å². The van der Waals surface area contributed by atoms with Crippen molar-refractivity contribution < 1.29 is 642 Å². The van der Waals surface area contributed by atoms with E-state index >= 15 is 0 Å². The molecule has 11 N–H and O–H groups in total. The first kappa shape index (κ1) is 159. The van der Waals surface area contributed by atoms with E-state index in [2.05, 4.69) is 25.1 Å². The molecular formula is C49H70N6Na12O63S9. The molecule has 6 rings (SSSR count). The van der Waals surface area contributed by atoms with E-state index < -0.39 is 379 Å². The van der Waals surface area contributed by atoms with Crippen molar-refractivity contribution >= 4 is 129 Å². The number of carbonyl (C=O) groups is 6. The molecule has 90 heteroatoms. The summed E-state index contributed by atoms with van der Waals surface area (Å²) in [6.07, 6.45) is -73.2. The van der Waals surface area contributed by atoms with Gasteiger partial charge in [0.15, 0.2) is 87.0 Å². The second-order valence-corrected chi connectivity index (χ2v) is 35.6. The molecular weight excluding hydrogens is 2250 g/mol. The van der Waals surface area contributed by atoms with E-state index in [1.807, 2.05) is 10.6 Å². The van der Waals surface area contributed by atoms with Crippen molar-refractivity contribution in [3.63, 3.8) is 0 Å². The van der Waals surface area contributed by atoms with Gasteiger partial charge in [-0.3, -0.25) is 39.5 Å². The van der Waals surface area contributed by atoms with Crippen molar-refractivity contribution in [3.8, 4) is 0 Å². The second kappa shape index (κ2) is 69.3. The monoisotopic (exact) mass is 2310 g/mol. The maximum absolute atomic E-state index is 14.4. The number of nitrogens with zero attached hydrogens (tertiary/aromatic N) is 1. The van der Waals surface area contributed by atoms with Gasteiger partial charge in [0.25, 0.3) is 0 Å². The van der Waals surface area contributed by atoms with Gasteiger partial charge in [-0.05, 0) is 0 Å². The Morgan fingerprint density at radius 3 is 0.727 bits per heavy atom. The van der Waals surface area contributed by atoms with Gasteiger partial charge in [0.2, 0.25) is 80.1 Å². The van der Waals surface area contributed by atoms with Crippen LogP contribution in [0.3, 0.4) is 0 Å². The number of rotatable bonds is 48. The van der Waals surface area contributed by atoms with Crippen LogP contribution in [-0.2, 0) is 218 Å². The number of carboxylic acids is 3. The van der Waals surface area contributed by atoms with Crippen LogP contribution < -0.4 is 395 Å². The van der Waals surface area contributed by atoms with Gasteiger partial charge in [-0.15, -0.1) is 0 Å². The predicted molar refractivity (Wildman–Crippen MR) is 351 cm³/mol. The minimum atomic E-state index is -6.10. The topological polar surface area (TPSA) is 1070 Å². The number of hydrogen-bond donors (Lipinski definition) is 11. The van der Waals surface area contributed by atoms with Crippen LogP contribution in [-0.4, -0.2) is 459 Å². The van der Waals surface area contributed by atoms with Crippen molar-refractivity contribution in [2.45, 2.75) is 184 Å². The molecule has 6 heterocycles. The Balaban J connectivity index is -0.00000290. The van der Waals surface area contributed by atoms with Crippen LogP contribution in [0.5, 0.6) is 0 Å². The fourth-order valence-electron chi connectivity index (χ4n) is 12.4. The van der Waals surface area contributed by atoms with Crippen LogP contribution in [0.4, 0.5) is 0 Å². The summed E-state index contributed by atoms with van der Waals surface area (Å²) in [7, 11) is -51.9. The Hall–Kier alpha value is 6.81. The van der Waals surface area contributed by atoms with Crippen molar-refractivity contribution in [2.75, 3.05) is 87.1 Å². The smallest absolute Gasteiger partial charge is 0.735 e. The van der Waals surface area contributed by atoms with Gasteiger partial charge in [-0.2, -0.15) is 0 Å². The fraction of sp³-hybridized carbons (Fsp3) is 0.878. The molecule has 0 aromatic carbocycles. The third kappa shape index (κ3) is 53.1. The summed E-state index contributed by atoms with van der Waals surface area (Å²) >= 11 is 0. The molecule has 0 saturated carbocycles. The number of carbonyl (C=O) groups excluding carboxylic acids is 6.